The van der Waals surface area contributed by atoms with Crippen molar-refractivity contribution in [3.63, 3.8) is 0 Å². The zero-order valence-electron chi connectivity index (χ0n) is 16.6. The Kier molecular flexibility index (Phi) is 12.9. The molecule has 0 aromatic rings. The topological polar surface area (TPSA) is 33.3 Å². The molecule has 0 aromatic carbocycles. The molecule has 0 aliphatic carbocycles. The summed E-state index contributed by atoms with van der Waals surface area (Å²) in [6.07, 6.45) is 0. The number of nitrogens with zero attached hydrogens (tertiary/aromatic N) is 5. The molecule has 25 heavy (non-hydrogen) atoms. The Morgan fingerprint density at radius 1 is 0.760 bits per heavy atom. The van der Waals surface area contributed by atoms with Crippen LogP contribution >= 0.6 is 0 Å². The van der Waals surface area contributed by atoms with Crippen LogP contribution in [-0.4, -0.2) is 116 Å². The average Bonchev–Trinajstić information content (AvgIpc) is 2.64. The highest BCUT2D eigenvalue weighted by Crippen LogP contribution is 2.05. The molecule has 0 unspecified atom stereocenters. The SMILES string of the molecule is C.CCN1CCN(C(=O)N(CC)CC)CC1.CCN1CCN(C)CC1. The summed E-state index contributed by atoms with van der Waals surface area (Å²) in [7, 11) is 2.19. The predicted molar refractivity (Wildman–Crippen MR) is 108 cm³/mol. The Morgan fingerprint density at radius 2 is 1.16 bits per heavy atom. The van der Waals surface area contributed by atoms with E-state index in [9.17, 15) is 4.79 Å². The molecule has 6 nitrogen and oxygen atoms in total. The van der Waals surface area contributed by atoms with Gasteiger partial charge in [-0.2, -0.15) is 0 Å². The highest BCUT2D eigenvalue weighted by atomic mass is 16.2. The Morgan fingerprint density at radius 3 is 1.52 bits per heavy atom. The first-order valence-corrected chi connectivity index (χ1v) is 9.72. The van der Waals surface area contributed by atoms with Crippen molar-refractivity contribution >= 4 is 6.03 Å². The summed E-state index contributed by atoms with van der Waals surface area (Å²) in [5.41, 5.74) is 0. The van der Waals surface area contributed by atoms with Gasteiger partial charge in [0, 0.05) is 65.4 Å². The van der Waals surface area contributed by atoms with Gasteiger partial charge in [-0.25, -0.2) is 4.79 Å². The predicted octanol–water partition coefficient (Wildman–Crippen LogP) is 1.98. The summed E-state index contributed by atoms with van der Waals surface area (Å²) in [4.78, 5) is 23.1. The Labute approximate surface area is 156 Å². The van der Waals surface area contributed by atoms with Crippen molar-refractivity contribution in [2.75, 3.05) is 85.6 Å². The standard InChI is InChI=1S/C11H23N3O.C7H16N2.CH4/c1-4-12-7-9-14(10-8-12)11(15)13(5-2)6-3;1-3-9-6-4-8(2)5-7-9;/h4-10H2,1-3H3;3-7H2,1-2H3;1H4. The third-order valence-electron chi connectivity index (χ3n) is 5.17. The molecule has 2 aliphatic heterocycles. The van der Waals surface area contributed by atoms with E-state index in [0.717, 1.165) is 45.8 Å². The minimum Gasteiger partial charge on any atom is -0.325 e. The lowest BCUT2D eigenvalue weighted by molar-refractivity contribution is 0.117. The molecule has 6 heteroatoms. The number of hydrogen-bond acceptors (Lipinski definition) is 4. The van der Waals surface area contributed by atoms with Crippen molar-refractivity contribution in [3.8, 4) is 0 Å². The van der Waals surface area contributed by atoms with E-state index in [4.69, 9.17) is 0 Å². The van der Waals surface area contributed by atoms with Gasteiger partial charge >= 0.3 is 6.03 Å². The molecule has 2 amide bonds. The quantitative estimate of drug-likeness (QED) is 0.770. The molecular formula is C19H43N5O. The lowest BCUT2D eigenvalue weighted by atomic mass is 10.3. The van der Waals surface area contributed by atoms with Gasteiger partial charge in [-0.15, -0.1) is 0 Å². The van der Waals surface area contributed by atoms with Crippen LogP contribution < -0.4 is 0 Å². The molecule has 0 spiro atoms. The maximum Gasteiger partial charge on any atom is 0.320 e. The molecule has 0 radical (unpaired) electrons. The van der Waals surface area contributed by atoms with Crippen molar-refractivity contribution in [3.05, 3.63) is 0 Å². The second-order valence-electron chi connectivity index (χ2n) is 6.61. The minimum absolute atomic E-state index is 0. The number of likely N-dealkylation sites (N-methyl/N-ethyl adjacent to an activating group) is 3. The molecule has 150 valence electrons. The molecular weight excluding hydrogens is 314 g/mol. The van der Waals surface area contributed by atoms with Crippen molar-refractivity contribution in [2.45, 2.75) is 35.1 Å². The van der Waals surface area contributed by atoms with E-state index >= 15 is 0 Å². The van der Waals surface area contributed by atoms with Crippen LogP contribution in [0.2, 0.25) is 0 Å². The van der Waals surface area contributed by atoms with Gasteiger partial charge in [0.05, 0.1) is 0 Å². The molecule has 0 N–H and O–H groups in total. The number of hydrogen-bond donors (Lipinski definition) is 0. The highest BCUT2D eigenvalue weighted by Gasteiger charge is 2.22. The molecule has 0 atom stereocenters. The smallest absolute Gasteiger partial charge is 0.320 e. The first kappa shape index (κ1) is 24.1. The van der Waals surface area contributed by atoms with E-state index < -0.39 is 0 Å². The number of rotatable bonds is 4. The lowest BCUT2D eigenvalue weighted by Gasteiger charge is -2.36. The van der Waals surface area contributed by atoms with Crippen LogP contribution in [0.15, 0.2) is 0 Å². The van der Waals surface area contributed by atoms with E-state index in [1.807, 2.05) is 23.6 Å². The molecule has 0 saturated carbocycles. The second kappa shape index (κ2) is 13.4. The fraction of sp³-hybridized carbons (Fsp3) is 0.947. The van der Waals surface area contributed by atoms with E-state index in [2.05, 4.69) is 35.6 Å². The van der Waals surface area contributed by atoms with E-state index in [0.29, 0.717) is 0 Å². The van der Waals surface area contributed by atoms with Crippen LogP contribution in [0.25, 0.3) is 0 Å². The Bertz CT molecular complexity index is 333. The largest absolute Gasteiger partial charge is 0.325 e. The average molecular weight is 358 g/mol. The van der Waals surface area contributed by atoms with Crippen LogP contribution in [0.4, 0.5) is 4.79 Å². The van der Waals surface area contributed by atoms with Gasteiger partial charge in [0.2, 0.25) is 0 Å². The first-order chi connectivity index (χ1) is 11.5. The van der Waals surface area contributed by atoms with Crippen molar-refractivity contribution in [1.82, 2.24) is 24.5 Å². The van der Waals surface area contributed by atoms with Gasteiger partial charge < -0.3 is 24.5 Å². The highest BCUT2D eigenvalue weighted by molar-refractivity contribution is 5.74. The maximum atomic E-state index is 12.0. The van der Waals surface area contributed by atoms with Gasteiger partial charge in [0.25, 0.3) is 0 Å². The number of carbonyl (C=O) groups excluding carboxylic acids is 1. The van der Waals surface area contributed by atoms with Gasteiger partial charge in [-0.05, 0) is 34.0 Å². The maximum absolute atomic E-state index is 12.0. The fourth-order valence-corrected chi connectivity index (χ4v) is 3.11. The number of amides is 2. The molecule has 0 aromatic heterocycles. The summed E-state index contributed by atoms with van der Waals surface area (Å²) < 4.78 is 0. The van der Waals surface area contributed by atoms with Gasteiger partial charge in [0.1, 0.15) is 0 Å². The normalized spacial score (nSPS) is 19.6. The van der Waals surface area contributed by atoms with Crippen molar-refractivity contribution in [2.24, 2.45) is 0 Å². The molecule has 2 fully saturated rings. The molecule has 2 aliphatic rings. The second-order valence-corrected chi connectivity index (χ2v) is 6.61. The van der Waals surface area contributed by atoms with Gasteiger partial charge in [0.15, 0.2) is 0 Å². The minimum atomic E-state index is 0. The number of piperazine rings is 2. The lowest BCUT2D eigenvalue weighted by Crippen LogP contribution is -2.52. The summed E-state index contributed by atoms with van der Waals surface area (Å²) in [6.45, 7) is 21.2. The number of carbonyl (C=O) groups is 1. The van der Waals surface area contributed by atoms with Crippen LogP contribution in [0.3, 0.4) is 0 Å². The van der Waals surface area contributed by atoms with Gasteiger partial charge in [-0.1, -0.05) is 21.3 Å². The van der Waals surface area contributed by atoms with Crippen molar-refractivity contribution in [1.29, 1.82) is 0 Å². The van der Waals surface area contributed by atoms with Crippen LogP contribution in [0.1, 0.15) is 35.1 Å². The van der Waals surface area contributed by atoms with E-state index in [-0.39, 0.29) is 13.5 Å². The van der Waals surface area contributed by atoms with E-state index in [1.54, 1.807) is 0 Å². The van der Waals surface area contributed by atoms with E-state index in [1.165, 1.54) is 32.7 Å². The van der Waals surface area contributed by atoms with Crippen LogP contribution in [0.5, 0.6) is 0 Å². The third kappa shape index (κ3) is 8.38. The van der Waals surface area contributed by atoms with Crippen LogP contribution in [-0.2, 0) is 0 Å². The zero-order chi connectivity index (χ0) is 17.9. The summed E-state index contributed by atoms with van der Waals surface area (Å²) in [5.74, 6) is 0. The summed E-state index contributed by atoms with van der Waals surface area (Å²) in [6, 6.07) is 0.204. The monoisotopic (exact) mass is 357 g/mol. The third-order valence-corrected chi connectivity index (χ3v) is 5.17. The molecule has 2 heterocycles. The molecule has 2 rings (SSSR count). The summed E-state index contributed by atoms with van der Waals surface area (Å²) in [5, 5.41) is 0. The zero-order valence-corrected chi connectivity index (χ0v) is 16.6. The Balaban J connectivity index is 0.000000495. The molecule has 2 saturated heterocycles. The fourth-order valence-electron chi connectivity index (χ4n) is 3.11. The first-order valence-electron chi connectivity index (χ1n) is 9.72. The van der Waals surface area contributed by atoms with Gasteiger partial charge in [-0.3, -0.25) is 0 Å². The van der Waals surface area contributed by atoms with Crippen molar-refractivity contribution < 1.29 is 4.79 Å². The number of urea groups is 1. The Hall–Kier alpha value is -0.850. The summed E-state index contributed by atoms with van der Waals surface area (Å²) >= 11 is 0. The molecule has 0 bridgehead atoms. The van der Waals surface area contributed by atoms with Crippen LogP contribution in [0, 0.1) is 0 Å².